The zero-order valence-corrected chi connectivity index (χ0v) is 15.9. The minimum absolute atomic E-state index is 0.0156. The molecule has 5 heteroatoms. The van der Waals surface area contributed by atoms with Crippen LogP contribution in [0.2, 0.25) is 0 Å². The van der Waals surface area contributed by atoms with Gasteiger partial charge in [-0.1, -0.05) is 12.1 Å². The Kier molecular flexibility index (Phi) is 7.33. The first-order valence-electron chi connectivity index (χ1n) is 8.88. The summed E-state index contributed by atoms with van der Waals surface area (Å²) < 4.78 is 16.7. The standard InChI is InChI=1S/C21H27NO4/c1-5-24-19-8-7-17(12-20(19)25-6-2)13-22-21(23)14-26-18-10-15(3)9-16(4)11-18/h7-12H,5-6,13-14H2,1-4H3,(H,22,23). The van der Waals surface area contributed by atoms with Crippen LogP contribution < -0.4 is 19.5 Å². The maximum absolute atomic E-state index is 12.0. The van der Waals surface area contributed by atoms with Gasteiger partial charge in [0.25, 0.3) is 5.91 Å². The van der Waals surface area contributed by atoms with Gasteiger partial charge in [-0.25, -0.2) is 0 Å². The van der Waals surface area contributed by atoms with Gasteiger partial charge in [0.05, 0.1) is 13.2 Å². The van der Waals surface area contributed by atoms with Crippen LogP contribution in [0, 0.1) is 13.8 Å². The molecule has 2 aromatic carbocycles. The van der Waals surface area contributed by atoms with Crippen molar-refractivity contribution in [2.45, 2.75) is 34.2 Å². The molecule has 26 heavy (non-hydrogen) atoms. The number of ether oxygens (including phenoxy) is 3. The number of aryl methyl sites for hydroxylation is 2. The molecule has 0 saturated heterocycles. The van der Waals surface area contributed by atoms with E-state index in [4.69, 9.17) is 14.2 Å². The first-order chi connectivity index (χ1) is 12.5. The lowest BCUT2D eigenvalue weighted by molar-refractivity contribution is -0.123. The van der Waals surface area contributed by atoms with Gasteiger partial charge in [0.1, 0.15) is 5.75 Å². The number of hydrogen-bond donors (Lipinski definition) is 1. The fourth-order valence-electron chi connectivity index (χ4n) is 2.62. The van der Waals surface area contributed by atoms with Gasteiger partial charge in [-0.15, -0.1) is 0 Å². The average Bonchev–Trinajstić information content (AvgIpc) is 2.59. The molecule has 1 N–H and O–H groups in total. The van der Waals surface area contributed by atoms with E-state index in [2.05, 4.69) is 11.4 Å². The first-order valence-corrected chi connectivity index (χ1v) is 8.88. The SMILES string of the molecule is CCOc1ccc(CNC(=O)COc2cc(C)cc(C)c2)cc1OCC. The lowest BCUT2D eigenvalue weighted by Gasteiger charge is -2.13. The summed E-state index contributed by atoms with van der Waals surface area (Å²) >= 11 is 0. The third kappa shape index (κ3) is 5.99. The molecular formula is C21H27NO4. The summed E-state index contributed by atoms with van der Waals surface area (Å²) in [6, 6.07) is 11.6. The van der Waals surface area contributed by atoms with Crippen LogP contribution in [0.3, 0.4) is 0 Å². The number of amides is 1. The van der Waals surface area contributed by atoms with Crippen LogP contribution in [0.1, 0.15) is 30.5 Å². The van der Waals surface area contributed by atoms with Crippen LogP contribution in [0.5, 0.6) is 17.2 Å². The van der Waals surface area contributed by atoms with Gasteiger partial charge in [0.15, 0.2) is 18.1 Å². The van der Waals surface area contributed by atoms with Crippen molar-refractivity contribution in [3.05, 3.63) is 53.1 Å². The van der Waals surface area contributed by atoms with Crippen molar-refractivity contribution in [1.82, 2.24) is 5.32 Å². The number of benzene rings is 2. The topological polar surface area (TPSA) is 56.8 Å². The molecule has 140 valence electrons. The van der Waals surface area contributed by atoms with Gasteiger partial charge in [0.2, 0.25) is 0 Å². The molecule has 0 atom stereocenters. The second-order valence-corrected chi connectivity index (χ2v) is 6.04. The molecule has 5 nitrogen and oxygen atoms in total. The summed E-state index contributed by atoms with van der Waals surface area (Å²) in [4.78, 5) is 12.0. The Labute approximate surface area is 155 Å². The summed E-state index contributed by atoms with van der Waals surface area (Å²) in [5, 5.41) is 2.86. The highest BCUT2D eigenvalue weighted by molar-refractivity contribution is 5.77. The predicted molar refractivity (Wildman–Crippen MR) is 102 cm³/mol. The molecule has 2 rings (SSSR count). The molecule has 0 fully saturated rings. The minimum atomic E-state index is -0.170. The van der Waals surface area contributed by atoms with E-state index >= 15 is 0 Å². The van der Waals surface area contributed by atoms with Crippen LogP contribution >= 0.6 is 0 Å². The van der Waals surface area contributed by atoms with E-state index < -0.39 is 0 Å². The van der Waals surface area contributed by atoms with Gasteiger partial charge in [0, 0.05) is 6.54 Å². The van der Waals surface area contributed by atoms with Gasteiger partial charge in [-0.2, -0.15) is 0 Å². The average molecular weight is 357 g/mol. The molecule has 0 bridgehead atoms. The Bertz CT molecular complexity index is 723. The summed E-state index contributed by atoms with van der Waals surface area (Å²) in [5.41, 5.74) is 3.16. The number of hydrogen-bond acceptors (Lipinski definition) is 4. The fourth-order valence-corrected chi connectivity index (χ4v) is 2.62. The summed E-state index contributed by atoms with van der Waals surface area (Å²) in [6.45, 7) is 9.38. The molecule has 2 aromatic rings. The molecule has 0 unspecified atom stereocenters. The monoisotopic (exact) mass is 357 g/mol. The normalized spacial score (nSPS) is 10.3. The van der Waals surface area contributed by atoms with Crippen LogP contribution in [-0.2, 0) is 11.3 Å². The Morgan fingerprint density at radius 3 is 2.19 bits per heavy atom. The molecule has 0 saturated carbocycles. The Morgan fingerprint density at radius 2 is 1.54 bits per heavy atom. The van der Waals surface area contributed by atoms with E-state index in [1.807, 2.05) is 58.0 Å². The lowest BCUT2D eigenvalue weighted by Crippen LogP contribution is -2.28. The molecule has 0 spiro atoms. The van der Waals surface area contributed by atoms with E-state index in [0.29, 0.717) is 37.0 Å². The van der Waals surface area contributed by atoms with E-state index in [1.54, 1.807) is 0 Å². The number of rotatable bonds is 9. The number of carbonyl (C=O) groups is 1. The van der Waals surface area contributed by atoms with E-state index in [1.165, 1.54) is 0 Å². The highest BCUT2D eigenvalue weighted by atomic mass is 16.5. The third-order valence-corrected chi connectivity index (χ3v) is 3.66. The second kappa shape index (κ2) is 9.70. The van der Waals surface area contributed by atoms with Crippen molar-refractivity contribution in [3.63, 3.8) is 0 Å². The first kappa shape index (κ1) is 19.6. The maximum Gasteiger partial charge on any atom is 0.258 e. The maximum atomic E-state index is 12.0. The Morgan fingerprint density at radius 1 is 0.885 bits per heavy atom. The number of nitrogens with one attached hydrogen (secondary N) is 1. The van der Waals surface area contributed by atoms with Gasteiger partial charge in [-0.3, -0.25) is 4.79 Å². The van der Waals surface area contributed by atoms with Crippen molar-refractivity contribution in [2.24, 2.45) is 0 Å². The van der Waals surface area contributed by atoms with E-state index in [-0.39, 0.29) is 12.5 Å². The molecule has 0 aliphatic heterocycles. The van der Waals surface area contributed by atoms with Crippen LogP contribution in [0.4, 0.5) is 0 Å². The highest BCUT2D eigenvalue weighted by Gasteiger charge is 2.08. The summed E-state index contributed by atoms with van der Waals surface area (Å²) in [6.07, 6.45) is 0. The smallest absolute Gasteiger partial charge is 0.258 e. The summed E-state index contributed by atoms with van der Waals surface area (Å²) in [5.74, 6) is 1.93. The third-order valence-electron chi connectivity index (χ3n) is 3.66. The van der Waals surface area contributed by atoms with E-state index in [0.717, 1.165) is 16.7 Å². The highest BCUT2D eigenvalue weighted by Crippen LogP contribution is 2.28. The van der Waals surface area contributed by atoms with Gasteiger partial charge in [-0.05, 0) is 68.7 Å². The van der Waals surface area contributed by atoms with Crippen LogP contribution in [0.15, 0.2) is 36.4 Å². The molecule has 0 aliphatic carbocycles. The summed E-state index contributed by atoms with van der Waals surface area (Å²) in [7, 11) is 0. The van der Waals surface area contributed by atoms with Gasteiger partial charge >= 0.3 is 0 Å². The van der Waals surface area contributed by atoms with Crippen molar-refractivity contribution in [1.29, 1.82) is 0 Å². The van der Waals surface area contributed by atoms with Crippen molar-refractivity contribution in [3.8, 4) is 17.2 Å². The fraction of sp³-hybridized carbons (Fsp3) is 0.381. The number of carbonyl (C=O) groups excluding carboxylic acids is 1. The van der Waals surface area contributed by atoms with Crippen LogP contribution in [0.25, 0.3) is 0 Å². The lowest BCUT2D eigenvalue weighted by atomic mass is 10.1. The largest absolute Gasteiger partial charge is 0.490 e. The van der Waals surface area contributed by atoms with Crippen molar-refractivity contribution >= 4 is 5.91 Å². The van der Waals surface area contributed by atoms with Crippen LogP contribution in [-0.4, -0.2) is 25.7 Å². The van der Waals surface area contributed by atoms with Crippen molar-refractivity contribution in [2.75, 3.05) is 19.8 Å². The van der Waals surface area contributed by atoms with Crippen molar-refractivity contribution < 1.29 is 19.0 Å². The molecule has 0 aliphatic rings. The molecule has 0 aromatic heterocycles. The molecular weight excluding hydrogens is 330 g/mol. The molecule has 1 amide bonds. The zero-order valence-electron chi connectivity index (χ0n) is 15.9. The quantitative estimate of drug-likeness (QED) is 0.742. The zero-order chi connectivity index (χ0) is 18.9. The van der Waals surface area contributed by atoms with E-state index in [9.17, 15) is 4.79 Å². The minimum Gasteiger partial charge on any atom is -0.490 e. The Hall–Kier alpha value is -2.69. The predicted octanol–water partition coefficient (Wildman–Crippen LogP) is 3.80. The van der Waals surface area contributed by atoms with Gasteiger partial charge < -0.3 is 19.5 Å². The molecule has 0 radical (unpaired) electrons. The second-order valence-electron chi connectivity index (χ2n) is 6.04. The molecule has 0 heterocycles. The Balaban J connectivity index is 1.89.